The van der Waals surface area contributed by atoms with Gasteiger partial charge in [0.15, 0.2) is 5.82 Å². The number of likely N-dealkylation sites (tertiary alicyclic amines) is 1. The number of piperidine rings is 1. The number of nitrogens with zero attached hydrogens (tertiary/aromatic N) is 4. The Morgan fingerprint density at radius 1 is 1.00 bits per heavy atom. The number of fused-ring (bicyclic) bond motifs is 4. The number of hydrogen-bond donors (Lipinski definition) is 0. The highest BCUT2D eigenvalue weighted by molar-refractivity contribution is 6.00. The molecule has 3 aromatic carbocycles. The molecule has 5 aromatic rings. The Hall–Kier alpha value is -4.33. The van der Waals surface area contributed by atoms with Gasteiger partial charge in [0.1, 0.15) is 22.8 Å². The molecule has 7 nitrogen and oxygen atoms in total. The van der Waals surface area contributed by atoms with Crippen molar-refractivity contribution >= 4 is 27.8 Å². The van der Waals surface area contributed by atoms with Crippen LogP contribution in [0.25, 0.3) is 44.6 Å². The van der Waals surface area contributed by atoms with Gasteiger partial charge in [0.05, 0.1) is 25.4 Å². The molecule has 0 radical (unpaired) electrons. The second-order valence-corrected chi connectivity index (χ2v) is 13.0. The summed E-state index contributed by atoms with van der Waals surface area (Å²) in [6.45, 7) is 3.98. The van der Waals surface area contributed by atoms with Crippen molar-refractivity contribution < 1.29 is 18.7 Å². The molecule has 2 bridgehead atoms. The van der Waals surface area contributed by atoms with Gasteiger partial charge < -0.3 is 23.5 Å². The molecule has 8 heteroatoms. The van der Waals surface area contributed by atoms with Gasteiger partial charge in [-0.05, 0) is 85.4 Å². The molecule has 226 valence electrons. The third kappa shape index (κ3) is 4.21. The minimum Gasteiger partial charge on any atom is -0.497 e. The predicted molar refractivity (Wildman–Crippen MR) is 170 cm³/mol. The monoisotopic (exact) mass is 592 g/mol. The highest BCUT2D eigenvalue weighted by atomic mass is 19.1. The summed E-state index contributed by atoms with van der Waals surface area (Å²) in [7, 11) is 5.20. The van der Waals surface area contributed by atoms with E-state index in [9.17, 15) is 4.79 Å². The van der Waals surface area contributed by atoms with E-state index in [2.05, 4.69) is 39.2 Å². The Morgan fingerprint density at radius 2 is 1.84 bits per heavy atom. The summed E-state index contributed by atoms with van der Waals surface area (Å²) < 4.78 is 30.6. The van der Waals surface area contributed by atoms with Crippen molar-refractivity contribution in [2.75, 3.05) is 20.8 Å². The molecule has 2 aromatic heterocycles. The van der Waals surface area contributed by atoms with Gasteiger partial charge in [-0.15, -0.1) is 0 Å². The molecule has 1 amide bonds. The van der Waals surface area contributed by atoms with E-state index in [1.807, 2.05) is 25.2 Å². The molecule has 8 rings (SSSR count). The van der Waals surface area contributed by atoms with Gasteiger partial charge in [-0.25, -0.2) is 9.37 Å². The van der Waals surface area contributed by atoms with Crippen molar-refractivity contribution in [2.45, 2.75) is 45.2 Å². The average molecular weight is 593 g/mol. The van der Waals surface area contributed by atoms with E-state index < -0.39 is 0 Å². The van der Waals surface area contributed by atoms with E-state index in [1.54, 1.807) is 26.4 Å². The summed E-state index contributed by atoms with van der Waals surface area (Å²) in [5.41, 5.74) is 5.64. The number of halogens is 1. The van der Waals surface area contributed by atoms with Crippen LogP contribution in [0.5, 0.6) is 11.5 Å². The van der Waals surface area contributed by atoms with E-state index in [0.29, 0.717) is 46.4 Å². The zero-order chi connectivity index (χ0) is 30.3. The van der Waals surface area contributed by atoms with Gasteiger partial charge in [0, 0.05) is 54.3 Å². The second kappa shape index (κ2) is 10.1. The lowest BCUT2D eigenvalue weighted by Crippen LogP contribution is -2.38. The van der Waals surface area contributed by atoms with Crippen LogP contribution in [0.1, 0.15) is 43.0 Å². The van der Waals surface area contributed by atoms with Crippen LogP contribution in [0.2, 0.25) is 0 Å². The maximum atomic E-state index is 15.1. The topological polar surface area (TPSA) is 61.5 Å². The lowest BCUT2D eigenvalue weighted by atomic mass is 10.0. The van der Waals surface area contributed by atoms with Gasteiger partial charge in [-0.3, -0.25) is 4.79 Å². The number of rotatable bonds is 7. The van der Waals surface area contributed by atoms with Crippen LogP contribution >= 0.6 is 0 Å². The summed E-state index contributed by atoms with van der Waals surface area (Å²) in [6, 6.07) is 17.4. The average Bonchev–Trinajstić information content (AvgIpc) is 3.44. The van der Waals surface area contributed by atoms with E-state index in [1.165, 1.54) is 25.3 Å². The molecule has 3 atom stereocenters. The van der Waals surface area contributed by atoms with Crippen molar-refractivity contribution in [1.82, 2.24) is 19.0 Å². The minimum atomic E-state index is -0.312. The number of carbonyl (C=O) groups excluding carboxylic acids is 1. The third-order valence-corrected chi connectivity index (χ3v) is 10.4. The Labute approximate surface area is 256 Å². The van der Waals surface area contributed by atoms with Gasteiger partial charge >= 0.3 is 0 Å². The maximum absolute atomic E-state index is 15.1. The molecule has 0 spiro atoms. The Kier molecular flexibility index (Phi) is 6.26. The molecular weight excluding hydrogens is 555 g/mol. The minimum absolute atomic E-state index is 0.0672. The first kappa shape index (κ1) is 27.2. The van der Waals surface area contributed by atoms with Crippen LogP contribution < -0.4 is 9.47 Å². The predicted octanol–water partition coefficient (Wildman–Crippen LogP) is 7.30. The lowest BCUT2D eigenvalue weighted by molar-refractivity contribution is 0.0696. The molecule has 3 heterocycles. The number of aromatic nitrogens is 3. The summed E-state index contributed by atoms with van der Waals surface area (Å²) in [5, 5.41) is 1.08. The molecule has 3 unspecified atom stereocenters. The van der Waals surface area contributed by atoms with Crippen LogP contribution in [0.3, 0.4) is 0 Å². The maximum Gasteiger partial charge on any atom is 0.254 e. The first-order chi connectivity index (χ1) is 21.3. The van der Waals surface area contributed by atoms with E-state index >= 15 is 4.39 Å². The molecule has 3 aliphatic rings. The van der Waals surface area contributed by atoms with Crippen molar-refractivity contribution in [3.63, 3.8) is 0 Å². The SMILES string of the molecule is COc1ccc(-c2ccc3cc(-c4nc5cc(C(=O)N6CC7CCC6C7C)cc(OC)c5n4C)n(CC4CC4)c3c2)c(F)c1. The number of aryl methyl sites for hydroxylation is 1. The van der Waals surface area contributed by atoms with Crippen molar-refractivity contribution in [3.05, 3.63) is 66.0 Å². The number of benzene rings is 3. The number of carbonyl (C=O) groups is 1. The number of ether oxygens (including phenoxy) is 2. The normalized spacial score (nSPS) is 21.1. The van der Waals surface area contributed by atoms with Crippen LogP contribution in [0, 0.1) is 23.6 Å². The second-order valence-electron chi connectivity index (χ2n) is 13.0. The zero-order valence-electron chi connectivity index (χ0n) is 25.6. The summed E-state index contributed by atoms with van der Waals surface area (Å²) in [6.07, 6.45) is 4.70. The van der Waals surface area contributed by atoms with Crippen molar-refractivity contribution in [3.8, 4) is 34.1 Å². The molecule has 2 saturated carbocycles. The molecule has 2 aliphatic carbocycles. The Bertz CT molecular complexity index is 1950. The van der Waals surface area contributed by atoms with Gasteiger partial charge in [0.25, 0.3) is 5.91 Å². The van der Waals surface area contributed by atoms with E-state index in [-0.39, 0.29) is 11.7 Å². The Balaban J connectivity index is 1.24. The summed E-state index contributed by atoms with van der Waals surface area (Å²) in [5.74, 6) is 3.48. The van der Waals surface area contributed by atoms with Crippen molar-refractivity contribution in [1.29, 1.82) is 0 Å². The van der Waals surface area contributed by atoms with Gasteiger partial charge in [-0.2, -0.15) is 0 Å². The first-order valence-electron chi connectivity index (χ1n) is 15.7. The molecule has 0 N–H and O–H groups in total. The molecule has 1 aliphatic heterocycles. The number of hydrogen-bond acceptors (Lipinski definition) is 4. The summed E-state index contributed by atoms with van der Waals surface area (Å²) in [4.78, 5) is 21.0. The largest absolute Gasteiger partial charge is 0.497 e. The molecular formula is C36H37FN4O3. The van der Waals surface area contributed by atoms with Crippen LogP contribution in [-0.2, 0) is 13.6 Å². The zero-order valence-corrected chi connectivity index (χ0v) is 25.6. The fourth-order valence-corrected chi connectivity index (χ4v) is 7.75. The number of amides is 1. The Morgan fingerprint density at radius 3 is 2.52 bits per heavy atom. The van der Waals surface area contributed by atoms with Crippen LogP contribution in [0.4, 0.5) is 4.39 Å². The quantitative estimate of drug-likeness (QED) is 0.199. The van der Waals surface area contributed by atoms with Gasteiger partial charge in [0.2, 0.25) is 0 Å². The highest BCUT2D eigenvalue weighted by Crippen LogP contribution is 2.44. The highest BCUT2D eigenvalue weighted by Gasteiger charge is 2.46. The molecule has 44 heavy (non-hydrogen) atoms. The summed E-state index contributed by atoms with van der Waals surface area (Å²) >= 11 is 0. The van der Waals surface area contributed by atoms with E-state index in [4.69, 9.17) is 14.5 Å². The lowest BCUT2D eigenvalue weighted by Gasteiger charge is -2.27. The fourth-order valence-electron chi connectivity index (χ4n) is 7.75. The smallest absolute Gasteiger partial charge is 0.254 e. The molecule has 1 saturated heterocycles. The van der Waals surface area contributed by atoms with Crippen molar-refractivity contribution in [2.24, 2.45) is 24.8 Å². The third-order valence-electron chi connectivity index (χ3n) is 10.4. The van der Waals surface area contributed by atoms with Gasteiger partial charge in [-0.1, -0.05) is 19.1 Å². The first-order valence-corrected chi connectivity index (χ1v) is 15.7. The fraction of sp³-hybridized carbons (Fsp3) is 0.389. The number of imidazole rings is 1. The molecule has 3 fully saturated rings. The van der Waals surface area contributed by atoms with E-state index in [0.717, 1.165) is 58.5 Å². The van der Waals surface area contributed by atoms with Crippen LogP contribution in [-0.4, -0.2) is 51.7 Å². The standard InChI is InChI=1S/C36H37FN4O3/c1-20-24-9-12-30(20)41(19-24)36(42)25-13-29-34(33(16-25)44-4)39(2)35(38-29)32-15-23-8-7-22(14-31(23)40(32)18-21-5-6-21)27-11-10-26(43-3)17-28(27)37/h7-8,10-11,13-17,20-21,24,30H,5-6,9,12,18-19H2,1-4H3. The van der Waals surface area contributed by atoms with Crippen LogP contribution in [0.15, 0.2) is 54.6 Å². The number of methoxy groups -OCH3 is 2.